The molecule has 92 valence electrons. The van der Waals surface area contributed by atoms with E-state index in [0.29, 0.717) is 0 Å². The Morgan fingerprint density at radius 3 is 2.11 bits per heavy atom. The minimum absolute atomic E-state index is 0.216. The molecule has 0 amide bonds. The molecule has 0 saturated heterocycles. The maximum Gasteiger partial charge on any atom is 0.0918 e. The van der Waals surface area contributed by atoms with Crippen LogP contribution in [0.1, 0.15) is 11.1 Å². The summed E-state index contributed by atoms with van der Waals surface area (Å²) < 4.78 is 0. The third kappa shape index (κ3) is 3.06. The van der Waals surface area contributed by atoms with E-state index in [2.05, 4.69) is 0 Å². The zero-order valence-corrected chi connectivity index (χ0v) is 10.2. The van der Waals surface area contributed by atoms with Crippen LogP contribution >= 0.6 is 0 Å². The van der Waals surface area contributed by atoms with Crippen molar-refractivity contribution in [2.45, 2.75) is 6.10 Å². The molecular weight excluding hydrogens is 222 g/mol. The molecule has 0 heterocycles. The summed E-state index contributed by atoms with van der Waals surface area (Å²) in [6.45, 7) is 0.216. The van der Waals surface area contributed by atoms with E-state index in [1.165, 1.54) is 0 Å². The normalized spacial score (nSPS) is 13.3. The minimum atomic E-state index is -0.646. The number of rotatable bonds is 4. The third-order valence-corrected chi connectivity index (χ3v) is 2.81. The summed E-state index contributed by atoms with van der Waals surface area (Å²) in [7, 11) is 0. The van der Waals surface area contributed by atoms with E-state index in [1.54, 1.807) is 0 Å². The number of aliphatic hydroxyl groups is 1. The second-order valence-corrected chi connectivity index (χ2v) is 4.13. The van der Waals surface area contributed by atoms with Gasteiger partial charge in [0.15, 0.2) is 0 Å². The van der Waals surface area contributed by atoms with Gasteiger partial charge in [-0.2, -0.15) is 0 Å². The summed E-state index contributed by atoms with van der Waals surface area (Å²) in [6, 6.07) is 19.8. The van der Waals surface area contributed by atoms with Gasteiger partial charge in [0.1, 0.15) is 0 Å². The molecule has 0 bridgehead atoms. The van der Waals surface area contributed by atoms with Crippen molar-refractivity contribution in [1.29, 1.82) is 0 Å². The fourth-order valence-corrected chi connectivity index (χ4v) is 1.86. The summed E-state index contributed by atoms with van der Waals surface area (Å²) in [5, 5.41) is 10.0. The Morgan fingerprint density at radius 1 is 1.00 bits per heavy atom. The SMILES string of the molecule is NCC(O)C(=Cc1ccccc1)c1ccccc1. The van der Waals surface area contributed by atoms with Crippen molar-refractivity contribution in [1.82, 2.24) is 0 Å². The van der Waals surface area contributed by atoms with E-state index in [4.69, 9.17) is 5.73 Å². The van der Waals surface area contributed by atoms with Crippen LogP contribution in [0, 0.1) is 0 Å². The number of aliphatic hydroxyl groups excluding tert-OH is 1. The van der Waals surface area contributed by atoms with E-state index in [0.717, 1.165) is 16.7 Å². The van der Waals surface area contributed by atoms with Gasteiger partial charge in [-0.15, -0.1) is 0 Å². The molecule has 2 aromatic carbocycles. The number of hydrogen-bond acceptors (Lipinski definition) is 2. The van der Waals surface area contributed by atoms with Crippen molar-refractivity contribution in [3.63, 3.8) is 0 Å². The highest BCUT2D eigenvalue weighted by Gasteiger charge is 2.10. The maximum atomic E-state index is 10.0. The van der Waals surface area contributed by atoms with Gasteiger partial charge in [-0.3, -0.25) is 0 Å². The molecule has 2 rings (SSSR count). The zero-order valence-electron chi connectivity index (χ0n) is 10.2. The monoisotopic (exact) mass is 239 g/mol. The quantitative estimate of drug-likeness (QED) is 0.805. The van der Waals surface area contributed by atoms with Gasteiger partial charge in [-0.25, -0.2) is 0 Å². The summed E-state index contributed by atoms with van der Waals surface area (Å²) in [5.74, 6) is 0. The van der Waals surface area contributed by atoms with Crippen LogP contribution in [0.3, 0.4) is 0 Å². The van der Waals surface area contributed by atoms with Gasteiger partial charge in [0.25, 0.3) is 0 Å². The highest BCUT2D eigenvalue weighted by Crippen LogP contribution is 2.21. The van der Waals surface area contributed by atoms with Crippen molar-refractivity contribution >= 4 is 11.6 Å². The lowest BCUT2D eigenvalue weighted by Gasteiger charge is -2.13. The van der Waals surface area contributed by atoms with Crippen LogP contribution in [0.5, 0.6) is 0 Å². The zero-order chi connectivity index (χ0) is 12.8. The van der Waals surface area contributed by atoms with Crippen molar-refractivity contribution in [3.05, 3.63) is 71.8 Å². The molecule has 0 spiro atoms. The molecule has 3 N–H and O–H groups in total. The smallest absolute Gasteiger partial charge is 0.0918 e. The second-order valence-electron chi connectivity index (χ2n) is 4.13. The largest absolute Gasteiger partial charge is 0.387 e. The molecule has 0 aromatic heterocycles. The number of hydrogen-bond donors (Lipinski definition) is 2. The first-order chi connectivity index (χ1) is 8.81. The lowest BCUT2D eigenvalue weighted by molar-refractivity contribution is 0.241. The molecule has 2 aromatic rings. The second kappa shape index (κ2) is 6.15. The van der Waals surface area contributed by atoms with Crippen LogP contribution in [0.25, 0.3) is 11.6 Å². The molecular formula is C16H17NO. The molecule has 0 fully saturated rings. The number of benzene rings is 2. The number of nitrogens with two attached hydrogens (primary N) is 1. The van der Waals surface area contributed by atoms with Gasteiger partial charge in [-0.1, -0.05) is 60.7 Å². The first-order valence-corrected chi connectivity index (χ1v) is 6.01. The topological polar surface area (TPSA) is 46.2 Å². The third-order valence-electron chi connectivity index (χ3n) is 2.81. The van der Waals surface area contributed by atoms with Gasteiger partial charge in [-0.05, 0) is 22.8 Å². The van der Waals surface area contributed by atoms with Gasteiger partial charge in [0, 0.05) is 6.54 Å². The average Bonchev–Trinajstić information content (AvgIpc) is 2.46. The standard InChI is InChI=1S/C16H17NO/c17-12-16(18)15(14-9-5-2-6-10-14)11-13-7-3-1-4-8-13/h1-11,16,18H,12,17H2. The molecule has 2 heteroatoms. The van der Waals surface area contributed by atoms with Crippen LogP contribution in [0.2, 0.25) is 0 Å². The van der Waals surface area contributed by atoms with Crippen LogP contribution < -0.4 is 5.73 Å². The Bertz CT molecular complexity index is 505. The van der Waals surface area contributed by atoms with E-state index in [1.807, 2.05) is 66.7 Å². The Kier molecular flexibility index (Phi) is 4.29. The molecule has 0 saturated carbocycles. The molecule has 0 aliphatic carbocycles. The fraction of sp³-hybridized carbons (Fsp3) is 0.125. The molecule has 0 aliphatic rings. The van der Waals surface area contributed by atoms with E-state index < -0.39 is 6.10 Å². The lowest BCUT2D eigenvalue weighted by Crippen LogP contribution is -2.21. The molecule has 1 unspecified atom stereocenters. The Hall–Kier alpha value is -1.90. The highest BCUT2D eigenvalue weighted by molar-refractivity contribution is 5.83. The summed E-state index contributed by atoms with van der Waals surface area (Å²) in [6.07, 6.45) is 1.33. The first kappa shape index (κ1) is 12.6. The van der Waals surface area contributed by atoms with Gasteiger partial charge in [0.05, 0.1) is 6.10 Å². The predicted octanol–water partition coefficient (Wildman–Crippen LogP) is 2.55. The maximum absolute atomic E-state index is 10.0. The van der Waals surface area contributed by atoms with E-state index in [9.17, 15) is 5.11 Å². The van der Waals surface area contributed by atoms with Crippen molar-refractivity contribution in [2.24, 2.45) is 5.73 Å². The van der Waals surface area contributed by atoms with Gasteiger partial charge >= 0.3 is 0 Å². The molecule has 0 aliphatic heterocycles. The van der Waals surface area contributed by atoms with Crippen LogP contribution in [0.4, 0.5) is 0 Å². The first-order valence-electron chi connectivity index (χ1n) is 6.01. The highest BCUT2D eigenvalue weighted by atomic mass is 16.3. The van der Waals surface area contributed by atoms with E-state index >= 15 is 0 Å². The van der Waals surface area contributed by atoms with Crippen molar-refractivity contribution in [2.75, 3.05) is 6.54 Å². The van der Waals surface area contributed by atoms with Gasteiger partial charge in [0.2, 0.25) is 0 Å². The van der Waals surface area contributed by atoms with Crippen molar-refractivity contribution in [3.8, 4) is 0 Å². The van der Waals surface area contributed by atoms with Gasteiger partial charge < -0.3 is 10.8 Å². The Morgan fingerprint density at radius 2 is 1.56 bits per heavy atom. The average molecular weight is 239 g/mol. The summed E-state index contributed by atoms with van der Waals surface area (Å²) in [5.41, 5.74) is 8.48. The summed E-state index contributed by atoms with van der Waals surface area (Å²) in [4.78, 5) is 0. The van der Waals surface area contributed by atoms with Crippen LogP contribution in [0.15, 0.2) is 60.7 Å². The molecule has 18 heavy (non-hydrogen) atoms. The Labute approximate surface area is 107 Å². The lowest BCUT2D eigenvalue weighted by atomic mass is 9.98. The minimum Gasteiger partial charge on any atom is -0.387 e. The predicted molar refractivity (Wildman–Crippen MR) is 75.8 cm³/mol. The fourth-order valence-electron chi connectivity index (χ4n) is 1.86. The van der Waals surface area contributed by atoms with E-state index in [-0.39, 0.29) is 6.54 Å². The van der Waals surface area contributed by atoms with Crippen molar-refractivity contribution < 1.29 is 5.11 Å². The van der Waals surface area contributed by atoms with Crippen LogP contribution in [-0.2, 0) is 0 Å². The Balaban J connectivity index is 2.41. The molecule has 0 radical (unpaired) electrons. The molecule has 1 atom stereocenters. The van der Waals surface area contributed by atoms with Crippen LogP contribution in [-0.4, -0.2) is 17.8 Å². The molecule has 2 nitrogen and oxygen atoms in total. The summed E-state index contributed by atoms with van der Waals surface area (Å²) >= 11 is 0.